The third-order valence-electron chi connectivity index (χ3n) is 3.76. The van der Waals surface area contributed by atoms with Crippen molar-refractivity contribution in [1.82, 2.24) is 9.99 Å². The molecule has 0 N–H and O–H groups in total. The second kappa shape index (κ2) is 6.54. The highest BCUT2D eigenvalue weighted by molar-refractivity contribution is 7.11. The number of hydrazone groups is 1. The summed E-state index contributed by atoms with van der Waals surface area (Å²) in [5.41, 5.74) is 1.28. The Balaban J connectivity index is 1.61. The van der Waals surface area contributed by atoms with E-state index in [-0.39, 0.29) is 5.63 Å². The fourth-order valence-electron chi connectivity index (χ4n) is 2.51. The fourth-order valence-corrected chi connectivity index (χ4v) is 3.18. The predicted molar refractivity (Wildman–Crippen MR) is 93.6 cm³/mol. The lowest BCUT2D eigenvalue weighted by Crippen LogP contribution is -2.32. The summed E-state index contributed by atoms with van der Waals surface area (Å²) >= 11 is 1.45. The van der Waals surface area contributed by atoms with E-state index in [2.05, 4.69) is 10.1 Å². The van der Waals surface area contributed by atoms with Gasteiger partial charge in [-0.15, -0.1) is 11.3 Å². The number of hydrogen-bond acceptors (Lipinski definition) is 7. The van der Waals surface area contributed by atoms with Gasteiger partial charge in [-0.2, -0.15) is 5.10 Å². The van der Waals surface area contributed by atoms with Gasteiger partial charge in [-0.05, 0) is 12.1 Å². The Morgan fingerprint density at radius 1 is 1.25 bits per heavy atom. The Morgan fingerprint density at radius 2 is 2.08 bits per heavy atom. The van der Waals surface area contributed by atoms with Crippen LogP contribution in [0.2, 0.25) is 0 Å². The van der Waals surface area contributed by atoms with E-state index in [4.69, 9.17) is 9.15 Å². The molecule has 0 bridgehead atoms. The average Bonchev–Trinajstić information content (AvgIpc) is 3.09. The molecule has 0 aliphatic carbocycles. The van der Waals surface area contributed by atoms with Gasteiger partial charge in [0.15, 0.2) is 0 Å². The van der Waals surface area contributed by atoms with Crippen LogP contribution in [0, 0.1) is 0 Å². The minimum Gasteiger partial charge on any atom is -0.422 e. The van der Waals surface area contributed by atoms with Gasteiger partial charge in [-0.25, -0.2) is 9.78 Å². The molecular formula is C17H15N3O3S. The van der Waals surface area contributed by atoms with Crippen molar-refractivity contribution in [3.8, 4) is 11.3 Å². The number of aromatic nitrogens is 1. The third-order valence-corrected chi connectivity index (χ3v) is 4.54. The normalized spacial score (nSPS) is 15.4. The lowest BCUT2D eigenvalue weighted by Gasteiger charge is -2.23. The summed E-state index contributed by atoms with van der Waals surface area (Å²) in [4.78, 5) is 16.7. The Labute approximate surface area is 142 Å². The maximum atomic E-state index is 12.2. The first-order valence-electron chi connectivity index (χ1n) is 7.65. The number of thiazole rings is 1. The van der Waals surface area contributed by atoms with Gasteiger partial charge < -0.3 is 9.15 Å². The molecular weight excluding hydrogens is 326 g/mol. The number of nitrogens with zero attached hydrogens (tertiary/aromatic N) is 3. The zero-order chi connectivity index (χ0) is 16.4. The fraction of sp³-hybridized carbons (Fsp3) is 0.235. The summed E-state index contributed by atoms with van der Waals surface area (Å²) in [5, 5.41) is 9.84. The summed E-state index contributed by atoms with van der Waals surface area (Å²) in [6.45, 7) is 2.95. The zero-order valence-corrected chi connectivity index (χ0v) is 13.7. The Bertz CT molecular complexity index is 941. The first-order chi connectivity index (χ1) is 11.8. The third kappa shape index (κ3) is 3.08. The van der Waals surface area contributed by atoms with Crippen LogP contribution in [-0.4, -0.2) is 42.5 Å². The van der Waals surface area contributed by atoms with Gasteiger partial charge in [0, 0.05) is 10.8 Å². The number of benzene rings is 1. The van der Waals surface area contributed by atoms with Gasteiger partial charge in [0.25, 0.3) is 0 Å². The van der Waals surface area contributed by atoms with Crippen LogP contribution in [0.5, 0.6) is 0 Å². The van der Waals surface area contributed by atoms with Crippen LogP contribution in [0.1, 0.15) is 5.01 Å². The monoisotopic (exact) mass is 341 g/mol. The van der Waals surface area contributed by atoms with Crippen molar-refractivity contribution in [1.29, 1.82) is 0 Å². The molecule has 24 heavy (non-hydrogen) atoms. The standard InChI is InChI=1S/C17H15N3O3S/c21-17-13(9-12-3-1-2-4-15(12)23-17)14-11-24-16(19-14)10-18-20-5-7-22-8-6-20/h1-4,9-11H,5-8H2/b18-10-. The molecule has 1 aromatic carbocycles. The highest BCUT2D eigenvalue weighted by Gasteiger charge is 2.11. The van der Waals surface area contributed by atoms with Crippen LogP contribution in [0.25, 0.3) is 22.2 Å². The van der Waals surface area contributed by atoms with Crippen LogP contribution in [0.3, 0.4) is 0 Å². The van der Waals surface area contributed by atoms with Crippen LogP contribution >= 0.6 is 11.3 Å². The largest absolute Gasteiger partial charge is 0.422 e. The second-order valence-corrected chi connectivity index (χ2v) is 6.26. The quantitative estimate of drug-likeness (QED) is 0.541. The SMILES string of the molecule is O=c1oc2ccccc2cc1-c1csc(/C=N\N2CCOCC2)n1. The van der Waals surface area contributed by atoms with Gasteiger partial charge in [0.1, 0.15) is 10.6 Å². The van der Waals surface area contributed by atoms with Crippen molar-refractivity contribution < 1.29 is 9.15 Å². The lowest BCUT2D eigenvalue weighted by molar-refractivity contribution is 0.0397. The van der Waals surface area contributed by atoms with E-state index in [0.29, 0.717) is 30.1 Å². The number of morpholine rings is 1. The van der Waals surface area contributed by atoms with E-state index in [1.807, 2.05) is 34.7 Å². The Morgan fingerprint density at radius 3 is 2.96 bits per heavy atom. The van der Waals surface area contributed by atoms with Crippen molar-refractivity contribution in [2.24, 2.45) is 5.10 Å². The van der Waals surface area contributed by atoms with Gasteiger partial charge in [0.2, 0.25) is 0 Å². The van der Waals surface area contributed by atoms with Crippen LogP contribution < -0.4 is 5.63 Å². The van der Waals surface area contributed by atoms with Crippen molar-refractivity contribution in [3.63, 3.8) is 0 Å². The first-order valence-corrected chi connectivity index (χ1v) is 8.53. The topological polar surface area (TPSA) is 67.9 Å². The number of para-hydroxylation sites is 1. The van der Waals surface area contributed by atoms with E-state index in [1.165, 1.54) is 11.3 Å². The summed E-state index contributed by atoms with van der Waals surface area (Å²) in [6, 6.07) is 9.26. The molecule has 3 heterocycles. The number of fused-ring (bicyclic) bond motifs is 1. The van der Waals surface area contributed by atoms with Gasteiger partial charge in [0.05, 0.1) is 43.8 Å². The molecule has 2 aromatic heterocycles. The van der Waals surface area contributed by atoms with Crippen LogP contribution in [-0.2, 0) is 4.74 Å². The molecule has 6 nitrogen and oxygen atoms in total. The van der Waals surface area contributed by atoms with Crippen molar-refractivity contribution in [2.75, 3.05) is 26.3 Å². The van der Waals surface area contributed by atoms with E-state index < -0.39 is 0 Å². The van der Waals surface area contributed by atoms with E-state index >= 15 is 0 Å². The molecule has 0 amide bonds. The minimum absolute atomic E-state index is 0.379. The molecule has 1 fully saturated rings. The average molecular weight is 341 g/mol. The minimum atomic E-state index is -0.379. The molecule has 1 aliphatic rings. The first kappa shape index (κ1) is 15.0. The predicted octanol–water partition coefficient (Wildman–Crippen LogP) is 2.58. The Kier molecular flexibility index (Phi) is 4.10. The number of rotatable bonds is 3. The van der Waals surface area contributed by atoms with Crippen molar-refractivity contribution in [3.05, 3.63) is 51.1 Å². The number of hydrogen-bond donors (Lipinski definition) is 0. The van der Waals surface area contributed by atoms with Crippen molar-refractivity contribution >= 4 is 28.5 Å². The molecule has 122 valence electrons. The summed E-state index contributed by atoms with van der Waals surface area (Å²) in [6.07, 6.45) is 1.72. The molecule has 0 radical (unpaired) electrons. The molecule has 0 atom stereocenters. The maximum Gasteiger partial charge on any atom is 0.345 e. The van der Waals surface area contributed by atoms with E-state index in [1.54, 1.807) is 12.3 Å². The molecule has 1 aliphatic heterocycles. The number of ether oxygens (including phenoxy) is 1. The highest BCUT2D eigenvalue weighted by atomic mass is 32.1. The summed E-state index contributed by atoms with van der Waals surface area (Å²) in [7, 11) is 0. The molecule has 4 rings (SSSR count). The highest BCUT2D eigenvalue weighted by Crippen LogP contribution is 2.22. The van der Waals surface area contributed by atoms with Gasteiger partial charge in [-0.1, -0.05) is 18.2 Å². The van der Waals surface area contributed by atoms with Gasteiger partial charge in [-0.3, -0.25) is 5.01 Å². The smallest absolute Gasteiger partial charge is 0.345 e. The Hall–Kier alpha value is -2.51. The van der Waals surface area contributed by atoms with Gasteiger partial charge >= 0.3 is 5.63 Å². The summed E-state index contributed by atoms with van der Waals surface area (Å²) < 4.78 is 10.7. The molecule has 0 saturated carbocycles. The lowest BCUT2D eigenvalue weighted by atomic mass is 10.1. The maximum absolute atomic E-state index is 12.2. The molecule has 3 aromatic rings. The van der Waals surface area contributed by atoms with Crippen molar-refractivity contribution in [2.45, 2.75) is 0 Å². The van der Waals surface area contributed by atoms with Crippen LogP contribution in [0.4, 0.5) is 0 Å². The van der Waals surface area contributed by atoms with E-state index in [9.17, 15) is 4.79 Å². The van der Waals surface area contributed by atoms with Crippen LogP contribution in [0.15, 0.2) is 50.0 Å². The second-order valence-electron chi connectivity index (χ2n) is 5.37. The molecule has 0 spiro atoms. The molecule has 0 unspecified atom stereocenters. The molecule has 7 heteroatoms. The molecule has 1 saturated heterocycles. The zero-order valence-electron chi connectivity index (χ0n) is 12.8. The van der Waals surface area contributed by atoms with E-state index in [0.717, 1.165) is 23.5 Å². The summed E-state index contributed by atoms with van der Waals surface area (Å²) in [5.74, 6) is 0.